The molecule has 5 nitrogen and oxygen atoms in total. The van der Waals surface area contributed by atoms with Gasteiger partial charge in [-0.25, -0.2) is 0 Å². The van der Waals surface area contributed by atoms with Gasteiger partial charge in [0.05, 0.1) is 6.42 Å². The summed E-state index contributed by atoms with van der Waals surface area (Å²) < 4.78 is 5.55. The van der Waals surface area contributed by atoms with Crippen molar-refractivity contribution in [1.82, 2.24) is 4.90 Å². The number of carboxylic acid groups (broad SMARTS) is 1. The molecule has 0 fully saturated rings. The number of ether oxygens (including phenoxy) is 1. The van der Waals surface area contributed by atoms with Crippen LogP contribution in [-0.4, -0.2) is 42.1 Å². The number of hydrogen-bond donors (Lipinski definition) is 1. The maximum atomic E-state index is 11.8. The third-order valence-electron chi connectivity index (χ3n) is 2.98. The number of nitrogens with zero attached hydrogens (tertiary/aromatic N) is 1. The third-order valence-corrected chi connectivity index (χ3v) is 2.98. The predicted octanol–water partition coefficient (Wildman–Crippen LogP) is 2.12. The third kappa shape index (κ3) is 4.91. The maximum absolute atomic E-state index is 11.8. The molecular weight excluding hydrogens is 258 g/mol. The Hall–Kier alpha value is -2.04. The lowest BCUT2D eigenvalue weighted by Crippen LogP contribution is -2.33. The monoisotopic (exact) mass is 279 g/mol. The summed E-state index contributed by atoms with van der Waals surface area (Å²) in [5, 5.41) is 8.58. The normalized spacial score (nSPS) is 10.4. The summed E-state index contributed by atoms with van der Waals surface area (Å²) in [5.74, 6) is -0.144. The molecule has 0 unspecified atom stereocenters. The van der Waals surface area contributed by atoms with E-state index in [0.29, 0.717) is 11.7 Å². The zero-order valence-electron chi connectivity index (χ0n) is 12.1. The number of carboxylic acids is 1. The van der Waals surface area contributed by atoms with Crippen LogP contribution in [0.15, 0.2) is 24.3 Å². The van der Waals surface area contributed by atoms with Gasteiger partial charge in [-0.05, 0) is 17.5 Å². The van der Waals surface area contributed by atoms with E-state index in [0.717, 1.165) is 5.56 Å². The Morgan fingerprint density at radius 1 is 1.30 bits per heavy atom. The minimum Gasteiger partial charge on any atom is -0.483 e. The van der Waals surface area contributed by atoms with Gasteiger partial charge in [0.1, 0.15) is 5.75 Å². The highest BCUT2D eigenvalue weighted by molar-refractivity contribution is 5.78. The highest BCUT2D eigenvalue weighted by Crippen LogP contribution is 2.25. The molecule has 110 valence electrons. The van der Waals surface area contributed by atoms with Gasteiger partial charge in [0.25, 0.3) is 5.91 Å². The van der Waals surface area contributed by atoms with Gasteiger partial charge in [-0.2, -0.15) is 0 Å². The van der Waals surface area contributed by atoms with Crippen molar-refractivity contribution in [3.05, 3.63) is 29.8 Å². The van der Waals surface area contributed by atoms with Crippen molar-refractivity contribution < 1.29 is 19.4 Å². The molecule has 5 heteroatoms. The minimum absolute atomic E-state index is 0.0647. The highest BCUT2D eigenvalue weighted by Gasteiger charge is 2.13. The molecule has 0 bridgehead atoms. The van der Waals surface area contributed by atoms with Gasteiger partial charge < -0.3 is 14.7 Å². The van der Waals surface area contributed by atoms with Crippen LogP contribution < -0.4 is 4.74 Å². The Bertz CT molecular complexity index is 471. The second kappa shape index (κ2) is 7.53. The second-order valence-corrected chi connectivity index (χ2v) is 4.94. The largest absolute Gasteiger partial charge is 0.483 e. The zero-order chi connectivity index (χ0) is 15.1. The molecule has 0 aromatic heterocycles. The molecule has 0 aliphatic rings. The molecule has 0 radical (unpaired) electrons. The van der Waals surface area contributed by atoms with Crippen molar-refractivity contribution in [3.8, 4) is 5.75 Å². The first-order valence-electron chi connectivity index (χ1n) is 6.59. The molecule has 20 heavy (non-hydrogen) atoms. The van der Waals surface area contributed by atoms with Gasteiger partial charge >= 0.3 is 5.97 Å². The lowest BCUT2D eigenvalue weighted by Gasteiger charge is -2.18. The van der Waals surface area contributed by atoms with Crippen LogP contribution in [0.25, 0.3) is 0 Å². The molecule has 0 heterocycles. The molecule has 1 aromatic rings. The first-order chi connectivity index (χ1) is 9.41. The molecule has 0 aliphatic heterocycles. The minimum atomic E-state index is -0.921. The summed E-state index contributed by atoms with van der Waals surface area (Å²) in [7, 11) is 1.57. The summed E-state index contributed by atoms with van der Waals surface area (Å²) in [6, 6.07) is 7.60. The molecule has 1 aromatic carbocycles. The van der Waals surface area contributed by atoms with Crippen LogP contribution in [0, 0.1) is 0 Å². The summed E-state index contributed by atoms with van der Waals surface area (Å²) in [5.41, 5.74) is 1.05. The van der Waals surface area contributed by atoms with Crippen molar-refractivity contribution in [2.24, 2.45) is 0 Å². The quantitative estimate of drug-likeness (QED) is 0.830. The van der Waals surface area contributed by atoms with E-state index in [2.05, 4.69) is 13.8 Å². The van der Waals surface area contributed by atoms with Crippen LogP contribution in [0.5, 0.6) is 5.75 Å². The number of benzene rings is 1. The molecular formula is C15H21NO4. The lowest BCUT2D eigenvalue weighted by atomic mass is 10.0. The topological polar surface area (TPSA) is 66.8 Å². The molecule has 0 saturated heterocycles. The Labute approximate surface area is 119 Å². The van der Waals surface area contributed by atoms with E-state index in [1.54, 1.807) is 7.05 Å². The van der Waals surface area contributed by atoms with E-state index < -0.39 is 5.97 Å². The number of hydrogen-bond acceptors (Lipinski definition) is 3. The van der Waals surface area contributed by atoms with Gasteiger partial charge in [-0.15, -0.1) is 0 Å². The van der Waals surface area contributed by atoms with Crippen LogP contribution in [0.1, 0.15) is 31.7 Å². The first kappa shape index (κ1) is 16.0. The van der Waals surface area contributed by atoms with E-state index in [9.17, 15) is 9.59 Å². The van der Waals surface area contributed by atoms with Crippen molar-refractivity contribution in [2.45, 2.75) is 26.2 Å². The molecule has 0 saturated carbocycles. The van der Waals surface area contributed by atoms with Gasteiger partial charge in [0.2, 0.25) is 0 Å². The molecule has 0 atom stereocenters. The summed E-state index contributed by atoms with van der Waals surface area (Å²) in [4.78, 5) is 23.6. The standard InChI is InChI=1S/C15H21NO4/c1-11(2)12-6-4-5-7-13(12)20-10-14(17)16(3)9-8-15(18)19/h4-7,11H,8-10H2,1-3H3,(H,18,19). The van der Waals surface area contributed by atoms with Crippen LogP contribution in [-0.2, 0) is 9.59 Å². The van der Waals surface area contributed by atoms with Crippen molar-refractivity contribution in [3.63, 3.8) is 0 Å². The molecule has 1 amide bonds. The molecule has 0 aliphatic carbocycles. The van der Waals surface area contributed by atoms with E-state index >= 15 is 0 Å². The Kier molecular flexibility index (Phi) is 6.03. The van der Waals surface area contributed by atoms with Crippen molar-refractivity contribution >= 4 is 11.9 Å². The summed E-state index contributed by atoms with van der Waals surface area (Å²) >= 11 is 0. The van der Waals surface area contributed by atoms with E-state index in [1.165, 1.54) is 4.90 Å². The molecule has 0 spiro atoms. The Morgan fingerprint density at radius 3 is 2.55 bits per heavy atom. The van der Waals surface area contributed by atoms with Gasteiger partial charge in [-0.1, -0.05) is 32.0 Å². The highest BCUT2D eigenvalue weighted by atomic mass is 16.5. The second-order valence-electron chi connectivity index (χ2n) is 4.94. The van der Waals surface area contributed by atoms with E-state index in [-0.39, 0.29) is 25.5 Å². The fourth-order valence-corrected chi connectivity index (χ4v) is 1.73. The van der Waals surface area contributed by atoms with Gasteiger partial charge in [-0.3, -0.25) is 9.59 Å². The number of amides is 1. The number of carbonyl (C=O) groups excluding carboxylic acids is 1. The van der Waals surface area contributed by atoms with Gasteiger partial charge in [0.15, 0.2) is 6.61 Å². The summed E-state index contributed by atoms with van der Waals surface area (Å²) in [6.07, 6.45) is -0.0647. The Morgan fingerprint density at radius 2 is 1.95 bits per heavy atom. The lowest BCUT2D eigenvalue weighted by molar-refractivity contribution is -0.138. The van der Waals surface area contributed by atoms with Crippen LogP contribution in [0.2, 0.25) is 0 Å². The number of para-hydroxylation sites is 1. The zero-order valence-corrected chi connectivity index (χ0v) is 12.1. The fourth-order valence-electron chi connectivity index (χ4n) is 1.73. The van der Waals surface area contributed by atoms with Crippen LogP contribution in [0.3, 0.4) is 0 Å². The Balaban J connectivity index is 2.54. The van der Waals surface area contributed by atoms with Crippen LogP contribution in [0.4, 0.5) is 0 Å². The smallest absolute Gasteiger partial charge is 0.305 e. The van der Waals surface area contributed by atoms with Gasteiger partial charge in [0, 0.05) is 13.6 Å². The maximum Gasteiger partial charge on any atom is 0.305 e. The SMILES string of the molecule is CC(C)c1ccccc1OCC(=O)N(C)CCC(=O)O. The number of aliphatic carboxylic acids is 1. The summed E-state index contributed by atoms with van der Waals surface area (Å²) in [6.45, 7) is 4.22. The first-order valence-corrected chi connectivity index (χ1v) is 6.59. The number of likely N-dealkylation sites (N-methyl/N-ethyl adjacent to an activating group) is 1. The fraction of sp³-hybridized carbons (Fsp3) is 0.467. The van der Waals surface area contributed by atoms with E-state index in [1.807, 2.05) is 24.3 Å². The predicted molar refractivity (Wildman–Crippen MR) is 75.9 cm³/mol. The van der Waals surface area contributed by atoms with Crippen LogP contribution >= 0.6 is 0 Å². The van der Waals surface area contributed by atoms with E-state index in [4.69, 9.17) is 9.84 Å². The average Bonchev–Trinajstić information content (AvgIpc) is 2.42. The van der Waals surface area contributed by atoms with Crippen molar-refractivity contribution in [1.29, 1.82) is 0 Å². The molecule has 1 N–H and O–H groups in total. The number of carbonyl (C=O) groups is 2. The average molecular weight is 279 g/mol. The number of rotatable bonds is 7. The molecule has 1 rings (SSSR count). The van der Waals surface area contributed by atoms with Crippen molar-refractivity contribution in [2.75, 3.05) is 20.2 Å².